The van der Waals surface area contributed by atoms with Crippen LogP contribution < -0.4 is 5.32 Å². The summed E-state index contributed by atoms with van der Waals surface area (Å²) in [5.41, 5.74) is 0.404. The molecule has 3 nitrogen and oxygen atoms in total. The summed E-state index contributed by atoms with van der Waals surface area (Å²) in [5.74, 6) is 0. The highest BCUT2D eigenvalue weighted by Gasteiger charge is 2.33. The lowest BCUT2D eigenvalue weighted by Crippen LogP contribution is -2.36. The Kier molecular flexibility index (Phi) is 2.18. The molecular formula is C10H18N2O. The molecule has 2 aliphatic rings. The second kappa shape index (κ2) is 3.20. The monoisotopic (exact) mass is 182 g/mol. The SMILES string of the molecule is CC1(CN2CCNC2=O)CCCC1. The number of carbonyl (C=O) groups is 1. The first-order valence-electron chi connectivity index (χ1n) is 5.22. The summed E-state index contributed by atoms with van der Waals surface area (Å²) in [4.78, 5) is 13.3. The average Bonchev–Trinajstić information content (AvgIpc) is 2.64. The van der Waals surface area contributed by atoms with Gasteiger partial charge >= 0.3 is 6.03 Å². The minimum atomic E-state index is 0.133. The molecule has 1 N–H and O–H groups in total. The van der Waals surface area contributed by atoms with Crippen molar-refractivity contribution in [1.82, 2.24) is 10.2 Å². The molecule has 0 spiro atoms. The van der Waals surface area contributed by atoms with Crippen molar-refractivity contribution in [2.75, 3.05) is 19.6 Å². The van der Waals surface area contributed by atoms with E-state index in [-0.39, 0.29) is 6.03 Å². The number of urea groups is 1. The molecule has 74 valence electrons. The smallest absolute Gasteiger partial charge is 0.317 e. The van der Waals surface area contributed by atoms with Crippen LogP contribution >= 0.6 is 0 Å². The van der Waals surface area contributed by atoms with E-state index >= 15 is 0 Å². The van der Waals surface area contributed by atoms with Crippen molar-refractivity contribution in [3.63, 3.8) is 0 Å². The number of rotatable bonds is 2. The van der Waals surface area contributed by atoms with E-state index in [0.717, 1.165) is 19.6 Å². The first-order chi connectivity index (χ1) is 6.20. The molecule has 3 heteroatoms. The van der Waals surface area contributed by atoms with Crippen molar-refractivity contribution in [2.45, 2.75) is 32.6 Å². The van der Waals surface area contributed by atoms with Crippen molar-refractivity contribution >= 4 is 6.03 Å². The lowest BCUT2D eigenvalue weighted by atomic mass is 9.88. The molecule has 0 bridgehead atoms. The van der Waals surface area contributed by atoms with Gasteiger partial charge in [0.15, 0.2) is 0 Å². The molecule has 0 atom stereocenters. The summed E-state index contributed by atoms with van der Waals surface area (Å²) in [6.45, 7) is 4.99. The predicted molar refractivity (Wildman–Crippen MR) is 51.5 cm³/mol. The van der Waals surface area contributed by atoms with E-state index in [1.54, 1.807) is 0 Å². The van der Waals surface area contributed by atoms with Crippen LogP contribution in [0.2, 0.25) is 0 Å². The van der Waals surface area contributed by atoms with Gasteiger partial charge in [-0.25, -0.2) is 4.79 Å². The summed E-state index contributed by atoms with van der Waals surface area (Å²) in [6.07, 6.45) is 5.26. The number of carbonyl (C=O) groups excluding carboxylic acids is 1. The summed E-state index contributed by atoms with van der Waals surface area (Å²) < 4.78 is 0. The highest BCUT2D eigenvalue weighted by molar-refractivity contribution is 5.76. The lowest BCUT2D eigenvalue weighted by Gasteiger charge is -2.28. The zero-order chi connectivity index (χ0) is 9.31. The van der Waals surface area contributed by atoms with Gasteiger partial charge in [0.1, 0.15) is 0 Å². The second-order valence-corrected chi connectivity index (χ2v) is 4.67. The Balaban J connectivity index is 1.92. The molecule has 1 aliphatic heterocycles. The molecule has 0 aromatic rings. The Labute approximate surface area is 79.5 Å². The maximum Gasteiger partial charge on any atom is 0.317 e. The first-order valence-corrected chi connectivity index (χ1v) is 5.22. The second-order valence-electron chi connectivity index (χ2n) is 4.67. The van der Waals surface area contributed by atoms with Crippen LogP contribution in [0.15, 0.2) is 0 Å². The van der Waals surface area contributed by atoms with Gasteiger partial charge in [-0.05, 0) is 18.3 Å². The summed E-state index contributed by atoms with van der Waals surface area (Å²) in [6, 6.07) is 0.133. The van der Waals surface area contributed by atoms with E-state index in [2.05, 4.69) is 12.2 Å². The maximum atomic E-state index is 11.3. The Morgan fingerprint density at radius 2 is 2.15 bits per heavy atom. The fourth-order valence-electron chi connectivity index (χ4n) is 2.51. The number of amides is 2. The van der Waals surface area contributed by atoms with Crippen LogP contribution in [-0.4, -0.2) is 30.6 Å². The van der Waals surface area contributed by atoms with E-state index in [0.29, 0.717) is 5.41 Å². The molecule has 1 heterocycles. The van der Waals surface area contributed by atoms with Gasteiger partial charge < -0.3 is 10.2 Å². The van der Waals surface area contributed by atoms with Crippen molar-refractivity contribution in [3.8, 4) is 0 Å². The average molecular weight is 182 g/mol. The molecule has 1 aliphatic carbocycles. The van der Waals surface area contributed by atoms with Crippen LogP contribution in [0.5, 0.6) is 0 Å². The van der Waals surface area contributed by atoms with Crippen molar-refractivity contribution in [2.24, 2.45) is 5.41 Å². The van der Waals surface area contributed by atoms with Gasteiger partial charge in [0, 0.05) is 19.6 Å². The Hall–Kier alpha value is -0.730. The van der Waals surface area contributed by atoms with Gasteiger partial charge in [0.05, 0.1) is 0 Å². The Morgan fingerprint density at radius 3 is 2.69 bits per heavy atom. The number of nitrogens with one attached hydrogen (secondary N) is 1. The van der Waals surface area contributed by atoms with Crippen molar-refractivity contribution in [1.29, 1.82) is 0 Å². The summed E-state index contributed by atoms with van der Waals surface area (Å²) in [7, 11) is 0. The molecule has 13 heavy (non-hydrogen) atoms. The van der Waals surface area contributed by atoms with Crippen LogP contribution in [0.4, 0.5) is 4.79 Å². The number of hydrogen-bond acceptors (Lipinski definition) is 1. The Morgan fingerprint density at radius 1 is 1.46 bits per heavy atom. The zero-order valence-corrected chi connectivity index (χ0v) is 8.31. The molecular weight excluding hydrogens is 164 g/mol. The summed E-state index contributed by atoms with van der Waals surface area (Å²) >= 11 is 0. The molecule has 0 aromatic heterocycles. The quantitative estimate of drug-likeness (QED) is 0.691. The predicted octanol–water partition coefficient (Wildman–Crippen LogP) is 1.59. The van der Waals surface area contributed by atoms with E-state index < -0.39 is 0 Å². The van der Waals surface area contributed by atoms with Gasteiger partial charge in [-0.15, -0.1) is 0 Å². The highest BCUT2D eigenvalue weighted by atomic mass is 16.2. The molecule has 0 radical (unpaired) electrons. The first kappa shape index (κ1) is 8.85. The Bertz CT molecular complexity index is 209. The minimum Gasteiger partial charge on any atom is -0.336 e. The minimum absolute atomic E-state index is 0.133. The standard InChI is InChI=1S/C10H18N2O/c1-10(4-2-3-5-10)8-12-7-6-11-9(12)13/h2-8H2,1H3,(H,11,13). The molecule has 2 amide bonds. The van der Waals surface area contributed by atoms with Crippen molar-refractivity contribution in [3.05, 3.63) is 0 Å². The van der Waals surface area contributed by atoms with Crippen LogP contribution in [-0.2, 0) is 0 Å². The molecule has 2 fully saturated rings. The van der Waals surface area contributed by atoms with Crippen LogP contribution in [0.25, 0.3) is 0 Å². The van der Waals surface area contributed by atoms with Crippen LogP contribution in [0.1, 0.15) is 32.6 Å². The zero-order valence-electron chi connectivity index (χ0n) is 8.31. The molecule has 0 aromatic carbocycles. The fraction of sp³-hybridized carbons (Fsp3) is 0.900. The largest absolute Gasteiger partial charge is 0.336 e. The third-order valence-corrected chi connectivity index (χ3v) is 3.33. The van der Waals surface area contributed by atoms with Gasteiger partial charge in [0.25, 0.3) is 0 Å². The third-order valence-electron chi connectivity index (χ3n) is 3.33. The summed E-state index contributed by atoms with van der Waals surface area (Å²) in [5, 5.41) is 2.85. The highest BCUT2D eigenvalue weighted by Crippen LogP contribution is 2.38. The maximum absolute atomic E-state index is 11.3. The van der Waals surface area contributed by atoms with Crippen molar-refractivity contribution < 1.29 is 4.79 Å². The van der Waals surface area contributed by atoms with E-state index in [1.807, 2.05) is 4.90 Å². The van der Waals surface area contributed by atoms with E-state index in [4.69, 9.17) is 0 Å². The lowest BCUT2D eigenvalue weighted by molar-refractivity contribution is 0.183. The normalized spacial score (nSPS) is 26.5. The van der Waals surface area contributed by atoms with E-state index in [1.165, 1.54) is 25.7 Å². The third kappa shape index (κ3) is 1.79. The fourth-order valence-corrected chi connectivity index (χ4v) is 2.51. The van der Waals surface area contributed by atoms with Gasteiger partial charge in [-0.3, -0.25) is 0 Å². The molecule has 1 saturated heterocycles. The molecule has 0 unspecified atom stereocenters. The van der Waals surface area contributed by atoms with Gasteiger partial charge in [-0.2, -0.15) is 0 Å². The molecule has 2 rings (SSSR count). The molecule has 1 saturated carbocycles. The van der Waals surface area contributed by atoms with Gasteiger partial charge in [0.2, 0.25) is 0 Å². The van der Waals surface area contributed by atoms with Crippen LogP contribution in [0, 0.1) is 5.41 Å². The topological polar surface area (TPSA) is 32.3 Å². The van der Waals surface area contributed by atoms with Crippen LogP contribution in [0.3, 0.4) is 0 Å². The number of nitrogens with zero attached hydrogens (tertiary/aromatic N) is 1. The van der Waals surface area contributed by atoms with E-state index in [9.17, 15) is 4.79 Å². The van der Waals surface area contributed by atoms with Gasteiger partial charge in [-0.1, -0.05) is 19.8 Å². The number of hydrogen-bond donors (Lipinski definition) is 1.